The van der Waals surface area contributed by atoms with Gasteiger partial charge in [-0.3, -0.25) is 14.9 Å². The molecule has 0 amide bonds. The molecule has 2 atom stereocenters. The fourth-order valence-corrected chi connectivity index (χ4v) is 2.94. The summed E-state index contributed by atoms with van der Waals surface area (Å²) in [5.41, 5.74) is 1.86. The number of carbonyl (C=O) groups excluding carboxylic acids is 1. The quantitative estimate of drug-likeness (QED) is 0.494. The average molecular weight is 297 g/mol. The highest BCUT2D eigenvalue weighted by Crippen LogP contribution is 2.39. The lowest BCUT2D eigenvalue weighted by atomic mass is 9.78. The molecule has 22 heavy (non-hydrogen) atoms. The number of non-ortho nitro benzene ring substituents is 1. The molecule has 1 fully saturated rings. The Balaban J connectivity index is 1.96. The fourth-order valence-electron chi connectivity index (χ4n) is 2.94. The second kappa shape index (κ2) is 5.97. The summed E-state index contributed by atoms with van der Waals surface area (Å²) in [4.78, 5) is 22.5. The lowest BCUT2D eigenvalue weighted by Crippen LogP contribution is -2.29. The molecule has 5 nitrogen and oxygen atoms in total. The zero-order valence-electron chi connectivity index (χ0n) is 11.8. The van der Waals surface area contributed by atoms with Gasteiger partial charge in [-0.1, -0.05) is 42.5 Å². The summed E-state index contributed by atoms with van der Waals surface area (Å²) < 4.78 is 5.20. The lowest BCUT2D eigenvalue weighted by Gasteiger charge is -2.30. The van der Waals surface area contributed by atoms with E-state index in [-0.39, 0.29) is 17.6 Å². The van der Waals surface area contributed by atoms with Crippen LogP contribution in [-0.2, 0) is 9.53 Å². The molecule has 3 rings (SSSR count). The highest BCUT2D eigenvalue weighted by atomic mass is 16.6. The predicted octanol–water partition coefficient (Wildman–Crippen LogP) is 3.41. The number of nitro groups is 1. The minimum atomic E-state index is -0.447. The van der Waals surface area contributed by atoms with Gasteiger partial charge in [0, 0.05) is 18.1 Å². The molecular formula is C17H15NO4. The second-order valence-corrected chi connectivity index (χ2v) is 5.30. The highest BCUT2D eigenvalue weighted by molar-refractivity contribution is 5.80. The van der Waals surface area contributed by atoms with E-state index in [2.05, 4.69) is 0 Å². The van der Waals surface area contributed by atoms with E-state index in [4.69, 9.17) is 4.74 Å². The zero-order valence-corrected chi connectivity index (χ0v) is 11.8. The Kier molecular flexibility index (Phi) is 3.87. The van der Waals surface area contributed by atoms with Crippen molar-refractivity contribution >= 4 is 11.7 Å². The largest absolute Gasteiger partial charge is 0.465 e. The van der Waals surface area contributed by atoms with Crippen LogP contribution in [0, 0.1) is 10.1 Å². The molecule has 0 bridgehead atoms. The number of esters is 1. The third-order valence-electron chi connectivity index (χ3n) is 4.02. The van der Waals surface area contributed by atoms with Gasteiger partial charge in [0.05, 0.1) is 17.4 Å². The van der Waals surface area contributed by atoms with E-state index >= 15 is 0 Å². The van der Waals surface area contributed by atoms with Crippen LogP contribution in [0.15, 0.2) is 54.6 Å². The van der Waals surface area contributed by atoms with E-state index in [1.165, 1.54) is 12.1 Å². The van der Waals surface area contributed by atoms with Gasteiger partial charge in [-0.05, 0) is 17.5 Å². The predicted molar refractivity (Wildman–Crippen MR) is 80.6 cm³/mol. The van der Waals surface area contributed by atoms with Gasteiger partial charge in [0.15, 0.2) is 0 Å². The van der Waals surface area contributed by atoms with Crippen LogP contribution in [0.25, 0.3) is 0 Å². The number of ether oxygens (including phenoxy) is 1. The number of rotatable bonds is 3. The molecule has 5 heteroatoms. The molecule has 1 aliphatic heterocycles. The summed E-state index contributed by atoms with van der Waals surface area (Å²) in [5.74, 6) is -0.658. The normalized spacial score (nSPS) is 21.2. The Morgan fingerprint density at radius 2 is 1.68 bits per heavy atom. The number of hydrogen-bond donors (Lipinski definition) is 0. The SMILES string of the molecule is O=C1OCC[C@H](c2ccccc2)[C@H]1c1ccc([N+](=O)[O-])cc1. The Hall–Kier alpha value is -2.69. The van der Waals surface area contributed by atoms with Gasteiger partial charge in [-0.25, -0.2) is 0 Å². The fraction of sp³-hybridized carbons (Fsp3) is 0.235. The molecule has 0 unspecified atom stereocenters. The number of nitro benzene ring substituents is 1. The monoisotopic (exact) mass is 297 g/mol. The van der Waals surface area contributed by atoms with Gasteiger partial charge in [-0.15, -0.1) is 0 Å². The van der Waals surface area contributed by atoms with Crippen LogP contribution in [0.1, 0.15) is 29.4 Å². The molecule has 0 N–H and O–H groups in total. The summed E-state index contributed by atoms with van der Waals surface area (Å²) in [5, 5.41) is 10.8. The minimum absolute atomic E-state index is 0.0178. The van der Waals surface area contributed by atoms with E-state index < -0.39 is 10.8 Å². The molecule has 0 aromatic heterocycles. The Morgan fingerprint density at radius 3 is 2.32 bits per heavy atom. The maximum absolute atomic E-state index is 12.2. The van der Waals surface area contributed by atoms with Crippen molar-refractivity contribution in [2.75, 3.05) is 6.61 Å². The van der Waals surface area contributed by atoms with Crippen LogP contribution in [0.5, 0.6) is 0 Å². The van der Waals surface area contributed by atoms with Crippen LogP contribution in [0.4, 0.5) is 5.69 Å². The van der Waals surface area contributed by atoms with E-state index in [0.29, 0.717) is 6.61 Å². The van der Waals surface area contributed by atoms with Crippen molar-refractivity contribution < 1.29 is 14.5 Å². The molecule has 0 spiro atoms. The third kappa shape index (κ3) is 2.70. The van der Waals surface area contributed by atoms with Crippen molar-refractivity contribution in [3.63, 3.8) is 0 Å². The molecular weight excluding hydrogens is 282 g/mol. The number of nitrogens with zero attached hydrogens (tertiary/aromatic N) is 1. The average Bonchev–Trinajstić information content (AvgIpc) is 2.55. The first-order valence-electron chi connectivity index (χ1n) is 7.13. The molecule has 2 aromatic carbocycles. The van der Waals surface area contributed by atoms with E-state index in [9.17, 15) is 14.9 Å². The Morgan fingerprint density at radius 1 is 1.00 bits per heavy atom. The van der Waals surface area contributed by atoms with Gasteiger partial charge >= 0.3 is 5.97 Å². The number of hydrogen-bond acceptors (Lipinski definition) is 4. The number of carbonyl (C=O) groups is 1. The molecule has 0 saturated carbocycles. The van der Waals surface area contributed by atoms with Gasteiger partial charge in [-0.2, -0.15) is 0 Å². The van der Waals surface area contributed by atoms with E-state index in [1.54, 1.807) is 12.1 Å². The van der Waals surface area contributed by atoms with Gasteiger partial charge in [0.2, 0.25) is 0 Å². The first-order chi connectivity index (χ1) is 10.7. The first-order valence-corrected chi connectivity index (χ1v) is 7.13. The van der Waals surface area contributed by atoms with Gasteiger partial charge < -0.3 is 4.74 Å². The maximum atomic E-state index is 12.2. The van der Waals surface area contributed by atoms with Crippen LogP contribution in [0.3, 0.4) is 0 Å². The second-order valence-electron chi connectivity index (χ2n) is 5.30. The van der Waals surface area contributed by atoms with Crippen LogP contribution in [0.2, 0.25) is 0 Å². The first kappa shape index (κ1) is 14.3. The van der Waals surface area contributed by atoms with Gasteiger partial charge in [0.1, 0.15) is 0 Å². The van der Waals surface area contributed by atoms with Crippen LogP contribution in [-0.4, -0.2) is 17.5 Å². The smallest absolute Gasteiger partial charge is 0.314 e. The molecule has 0 aliphatic carbocycles. The highest BCUT2D eigenvalue weighted by Gasteiger charge is 2.36. The lowest BCUT2D eigenvalue weighted by molar-refractivity contribution is -0.384. The number of cyclic esters (lactones) is 1. The van der Waals surface area contributed by atoms with Crippen molar-refractivity contribution in [3.05, 3.63) is 75.8 Å². The Bertz CT molecular complexity index is 682. The van der Waals surface area contributed by atoms with Crippen molar-refractivity contribution in [1.82, 2.24) is 0 Å². The van der Waals surface area contributed by atoms with Crippen LogP contribution >= 0.6 is 0 Å². The number of benzene rings is 2. The minimum Gasteiger partial charge on any atom is -0.465 e. The standard InChI is InChI=1S/C17H15NO4/c19-17-16(13-6-8-14(9-7-13)18(20)21)15(10-11-22-17)12-4-2-1-3-5-12/h1-9,15-16H,10-11H2/t15-,16-/m1/s1. The third-order valence-corrected chi connectivity index (χ3v) is 4.02. The molecule has 1 aliphatic rings. The van der Waals surface area contributed by atoms with Crippen molar-refractivity contribution in [2.24, 2.45) is 0 Å². The Labute approximate surface area is 127 Å². The summed E-state index contributed by atoms with van der Waals surface area (Å²) >= 11 is 0. The van der Waals surface area contributed by atoms with E-state index in [1.807, 2.05) is 30.3 Å². The zero-order chi connectivity index (χ0) is 15.5. The summed E-state index contributed by atoms with van der Waals surface area (Å²) in [6, 6.07) is 16.0. The molecule has 1 heterocycles. The molecule has 112 valence electrons. The topological polar surface area (TPSA) is 69.4 Å². The summed E-state index contributed by atoms with van der Waals surface area (Å²) in [6.07, 6.45) is 0.747. The van der Waals surface area contributed by atoms with Crippen molar-refractivity contribution in [1.29, 1.82) is 0 Å². The van der Waals surface area contributed by atoms with E-state index in [0.717, 1.165) is 17.5 Å². The van der Waals surface area contributed by atoms with Crippen LogP contribution < -0.4 is 0 Å². The molecule has 0 radical (unpaired) electrons. The maximum Gasteiger partial charge on any atom is 0.314 e. The van der Waals surface area contributed by atoms with Crippen molar-refractivity contribution in [2.45, 2.75) is 18.3 Å². The van der Waals surface area contributed by atoms with Crippen molar-refractivity contribution in [3.8, 4) is 0 Å². The molecule has 2 aromatic rings. The summed E-state index contributed by atoms with van der Waals surface area (Å²) in [7, 11) is 0. The van der Waals surface area contributed by atoms with Gasteiger partial charge in [0.25, 0.3) is 5.69 Å². The molecule has 1 saturated heterocycles. The summed E-state index contributed by atoms with van der Waals surface area (Å²) in [6.45, 7) is 0.405.